The smallest absolute Gasteiger partial charge is 0.305 e. The van der Waals surface area contributed by atoms with Gasteiger partial charge in [0.1, 0.15) is 0 Å². The van der Waals surface area contributed by atoms with E-state index in [9.17, 15) is 24.0 Å². The first kappa shape index (κ1) is 15.9. The van der Waals surface area contributed by atoms with Crippen LogP contribution in [0.15, 0.2) is 0 Å². The van der Waals surface area contributed by atoms with Crippen molar-refractivity contribution in [1.29, 1.82) is 0 Å². The van der Waals surface area contributed by atoms with E-state index in [2.05, 4.69) is 0 Å². The molecule has 2 atom stereocenters. The fraction of sp³-hybridized carbons (Fsp3) is 0.444. The molecule has 0 rings (SSSR count). The van der Waals surface area contributed by atoms with E-state index >= 15 is 0 Å². The van der Waals surface area contributed by atoms with Gasteiger partial charge in [0.05, 0.1) is 24.9 Å². The quantitative estimate of drug-likeness (QED) is 0.267. The van der Waals surface area contributed by atoms with Gasteiger partial charge in [0.2, 0.25) is 11.6 Å². The van der Waals surface area contributed by atoms with Crippen LogP contribution in [0.25, 0.3) is 0 Å². The van der Waals surface area contributed by atoms with Crippen molar-refractivity contribution < 1.29 is 34.2 Å². The lowest BCUT2D eigenvalue weighted by molar-refractivity contribution is -0.147. The number of carboxylic acid groups (broad SMARTS) is 2. The van der Waals surface area contributed by atoms with Gasteiger partial charge in [-0.3, -0.25) is 24.0 Å². The Labute approximate surface area is 101 Å². The Hall–Kier alpha value is -2.13. The number of rotatable bonds is 8. The van der Waals surface area contributed by atoms with Gasteiger partial charge in [-0.15, -0.1) is 0 Å². The van der Waals surface area contributed by atoms with Crippen LogP contribution in [0, 0.1) is 0 Å². The summed E-state index contributed by atoms with van der Waals surface area (Å²) in [5, 5.41) is 16.7. The molecule has 18 heavy (non-hydrogen) atoms. The van der Waals surface area contributed by atoms with Crippen molar-refractivity contribution in [1.82, 2.24) is 0 Å². The average Bonchev–Trinajstić information content (AvgIpc) is 2.24. The molecular weight excluding hydrogens is 248 g/mol. The third kappa shape index (κ3) is 4.80. The Morgan fingerprint density at radius 3 is 1.28 bits per heavy atom. The Morgan fingerprint density at radius 2 is 1.06 bits per heavy atom. The highest BCUT2D eigenvalue weighted by Crippen LogP contribution is 1.98. The lowest BCUT2D eigenvalue weighted by Gasteiger charge is -2.09. The maximum Gasteiger partial charge on any atom is 0.305 e. The van der Waals surface area contributed by atoms with Crippen molar-refractivity contribution in [2.75, 3.05) is 0 Å². The Kier molecular flexibility index (Phi) is 5.79. The Balaban J connectivity index is 4.64. The fourth-order valence-corrected chi connectivity index (χ4v) is 1.02. The molecule has 6 N–H and O–H groups in total. The zero-order chi connectivity index (χ0) is 14.5. The molecule has 0 heterocycles. The minimum absolute atomic E-state index is 0.813. The van der Waals surface area contributed by atoms with Gasteiger partial charge in [-0.2, -0.15) is 0 Å². The molecule has 0 aliphatic carbocycles. The third-order valence-corrected chi connectivity index (χ3v) is 1.91. The first-order valence-corrected chi connectivity index (χ1v) is 4.74. The molecular formula is C9H12N2O7. The highest BCUT2D eigenvalue weighted by molar-refractivity contribution is 6.65. The van der Waals surface area contributed by atoms with Crippen molar-refractivity contribution in [3.63, 3.8) is 0 Å². The van der Waals surface area contributed by atoms with E-state index in [0.717, 1.165) is 0 Å². The molecule has 0 amide bonds. The van der Waals surface area contributed by atoms with E-state index in [0.29, 0.717) is 0 Å². The van der Waals surface area contributed by atoms with Crippen LogP contribution in [0.3, 0.4) is 0 Å². The molecule has 0 spiro atoms. The first-order valence-electron chi connectivity index (χ1n) is 4.74. The zero-order valence-electron chi connectivity index (χ0n) is 9.16. The monoisotopic (exact) mass is 260 g/mol. The van der Waals surface area contributed by atoms with Crippen LogP contribution in [-0.2, 0) is 24.0 Å². The maximum atomic E-state index is 11.2. The van der Waals surface area contributed by atoms with Crippen molar-refractivity contribution in [3.05, 3.63) is 0 Å². The molecule has 0 bridgehead atoms. The number of ketones is 3. The van der Waals surface area contributed by atoms with E-state index in [4.69, 9.17) is 21.7 Å². The van der Waals surface area contributed by atoms with Crippen molar-refractivity contribution in [2.45, 2.75) is 24.9 Å². The zero-order valence-corrected chi connectivity index (χ0v) is 9.16. The van der Waals surface area contributed by atoms with Crippen LogP contribution in [0.5, 0.6) is 0 Å². The van der Waals surface area contributed by atoms with E-state index in [1.807, 2.05) is 0 Å². The summed E-state index contributed by atoms with van der Waals surface area (Å²) in [5.74, 6) is -7.21. The highest BCUT2D eigenvalue weighted by atomic mass is 16.4. The number of Topliss-reactive ketones (excluding diaryl/α,β-unsaturated/α-hetero) is 3. The summed E-state index contributed by atoms with van der Waals surface area (Å²) in [6, 6.07) is -3.31. The summed E-state index contributed by atoms with van der Waals surface area (Å²) in [4.78, 5) is 54.3. The van der Waals surface area contributed by atoms with Crippen molar-refractivity contribution >= 4 is 29.3 Å². The van der Waals surface area contributed by atoms with E-state index in [1.165, 1.54) is 0 Å². The number of nitrogens with two attached hydrogens (primary N) is 2. The molecule has 0 saturated carbocycles. The van der Waals surface area contributed by atoms with Gasteiger partial charge in [0, 0.05) is 0 Å². The van der Waals surface area contributed by atoms with E-state index in [1.54, 1.807) is 0 Å². The normalized spacial score (nSPS) is 13.4. The number of carbonyl (C=O) groups excluding carboxylic acids is 3. The maximum absolute atomic E-state index is 11.2. The number of hydrogen-bond acceptors (Lipinski definition) is 7. The van der Waals surface area contributed by atoms with Gasteiger partial charge >= 0.3 is 11.9 Å². The first-order chi connectivity index (χ1) is 8.16. The highest BCUT2D eigenvalue weighted by Gasteiger charge is 2.32. The summed E-state index contributed by atoms with van der Waals surface area (Å²) in [6.07, 6.45) is -1.63. The lowest BCUT2D eigenvalue weighted by Crippen LogP contribution is -2.46. The molecule has 9 heteroatoms. The molecule has 0 radical (unpaired) electrons. The van der Waals surface area contributed by atoms with Crippen LogP contribution in [0.2, 0.25) is 0 Å². The van der Waals surface area contributed by atoms with Gasteiger partial charge in [0.15, 0.2) is 0 Å². The number of aliphatic carboxylic acids is 2. The molecule has 9 nitrogen and oxygen atoms in total. The van der Waals surface area contributed by atoms with Gasteiger partial charge in [0.25, 0.3) is 5.78 Å². The molecule has 0 aromatic heterocycles. The SMILES string of the molecule is N[C@@H](CC(=O)O)C(=O)C(=O)C(=O)[C@@H](N)CC(=O)O. The number of carbonyl (C=O) groups is 5. The second-order valence-electron chi connectivity index (χ2n) is 3.47. The molecule has 0 saturated heterocycles. The predicted molar refractivity (Wildman–Crippen MR) is 55.5 cm³/mol. The minimum Gasteiger partial charge on any atom is -0.481 e. The topological polar surface area (TPSA) is 178 Å². The molecule has 0 aliphatic rings. The standard InChI is InChI=1S/C9H12N2O7/c10-3(1-5(12)13)7(16)9(18)8(17)4(11)2-6(14)15/h3-4H,1-2,10-11H2,(H,12,13)(H,14,15)/t3-,4-/m0/s1. The molecule has 0 aromatic rings. The minimum atomic E-state index is -1.66. The Morgan fingerprint density at radius 1 is 0.778 bits per heavy atom. The van der Waals surface area contributed by atoms with E-state index < -0.39 is 54.2 Å². The summed E-state index contributed by atoms with van der Waals surface area (Å²) in [7, 11) is 0. The van der Waals surface area contributed by atoms with Crippen LogP contribution < -0.4 is 11.5 Å². The van der Waals surface area contributed by atoms with E-state index in [-0.39, 0.29) is 0 Å². The molecule has 0 unspecified atom stereocenters. The average molecular weight is 260 g/mol. The number of hydrogen-bond donors (Lipinski definition) is 4. The van der Waals surface area contributed by atoms with Crippen molar-refractivity contribution in [2.24, 2.45) is 11.5 Å². The number of carboxylic acids is 2. The molecule has 0 aromatic carbocycles. The van der Waals surface area contributed by atoms with Gasteiger partial charge in [-0.1, -0.05) is 0 Å². The van der Waals surface area contributed by atoms with Crippen LogP contribution in [0.1, 0.15) is 12.8 Å². The summed E-state index contributed by atoms with van der Waals surface area (Å²) < 4.78 is 0. The van der Waals surface area contributed by atoms with Crippen LogP contribution in [0.4, 0.5) is 0 Å². The van der Waals surface area contributed by atoms with Crippen molar-refractivity contribution in [3.8, 4) is 0 Å². The van der Waals surface area contributed by atoms with Gasteiger partial charge < -0.3 is 21.7 Å². The molecule has 0 fully saturated rings. The van der Waals surface area contributed by atoms with Crippen LogP contribution >= 0.6 is 0 Å². The molecule has 0 aliphatic heterocycles. The largest absolute Gasteiger partial charge is 0.481 e. The second kappa shape index (κ2) is 6.57. The molecule has 100 valence electrons. The summed E-state index contributed by atoms with van der Waals surface area (Å²) in [5.41, 5.74) is 10.2. The second-order valence-corrected chi connectivity index (χ2v) is 3.47. The summed E-state index contributed by atoms with van der Waals surface area (Å²) in [6.45, 7) is 0. The lowest BCUT2D eigenvalue weighted by atomic mass is 9.99. The predicted octanol–water partition coefficient (Wildman–Crippen LogP) is -2.70. The van der Waals surface area contributed by atoms with Gasteiger partial charge in [-0.25, -0.2) is 0 Å². The fourth-order valence-electron chi connectivity index (χ4n) is 1.02. The summed E-state index contributed by atoms with van der Waals surface area (Å²) >= 11 is 0. The Bertz CT molecular complexity index is 368. The van der Waals surface area contributed by atoms with Crippen LogP contribution in [-0.4, -0.2) is 51.6 Å². The third-order valence-electron chi connectivity index (χ3n) is 1.91. The van der Waals surface area contributed by atoms with Gasteiger partial charge in [-0.05, 0) is 0 Å².